The van der Waals surface area contributed by atoms with E-state index in [1.165, 1.54) is 11.9 Å². The third kappa shape index (κ3) is 2.47. The van der Waals surface area contributed by atoms with Crippen molar-refractivity contribution in [2.24, 2.45) is 5.10 Å². The summed E-state index contributed by atoms with van der Waals surface area (Å²) in [7, 11) is 0. The molecule has 0 saturated heterocycles. The number of rotatable bonds is 2. The number of fused-ring (bicyclic) bond motifs is 1. The molecule has 26 heavy (non-hydrogen) atoms. The predicted octanol–water partition coefficient (Wildman–Crippen LogP) is 3.21. The highest BCUT2D eigenvalue weighted by molar-refractivity contribution is 5.96. The van der Waals surface area contributed by atoms with Crippen LogP contribution in [0.4, 0.5) is 0 Å². The van der Waals surface area contributed by atoms with Gasteiger partial charge in [-0.1, -0.05) is 36.4 Å². The molecule has 1 unspecified atom stereocenters. The van der Waals surface area contributed by atoms with Crippen molar-refractivity contribution in [3.63, 3.8) is 0 Å². The Morgan fingerprint density at radius 1 is 1.08 bits per heavy atom. The molecular formula is C20H16N2O4. The molecule has 1 aliphatic rings. The molecule has 1 atom stereocenters. The van der Waals surface area contributed by atoms with Gasteiger partial charge in [0.1, 0.15) is 11.1 Å². The largest absolute Gasteiger partial charge is 0.443 e. The van der Waals surface area contributed by atoms with Crippen LogP contribution in [0.2, 0.25) is 0 Å². The summed E-state index contributed by atoms with van der Waals surface area (Å²) in [6.45, 7) is 3.01. The minimum Gasteiger partial charge on any atom is -0.443 e. The molecule has 3 aromatic rings. The number of hydrazone groups is 1. The summed E-state index contributed by atoms with van der Waals surface area (Å²) in [6, 6.07) is 18.1. The first kappa shape index (κ1) is 16.1. The summed E-state index contributed by atoms with van der Waals surface area (Å²) in [6.07, 6.45) is 0. The van der Waals surface area contributed by atoms with Gasteiger partial charge in [0.2, 0.25) is 17.5 Å². The van der Waals surface area contributed by atoms with Crippen molar-refractivity contribution in [1.29, 1.82) is 0 Å². The highest BCUT2D eigenvalue weighted by atomic mass is 16.6. The zero-order valence-corrected chi connectivity index (χ0v) is 14.3. The second kappa shape index (κ2) is 5.84. The second-order valence-corrected chi connectivity index (χ2v) is 6.17. The maximum absolute atomic E-state index is 12.6. The number of carbonyl (C=O) groups excluding carboxylic acids is 1. The van der Waals surface area contributed by atoms with E-state index in [0.717, 1.165) is 5.39 Å². The Morgan fingerprint density at radius 2 is 1.77 bits per heavy atom. The standard InChI is InChI=1S/C20H16N2O4/c1-13(23)22-20(2,26-18(21-22)14-8-4-3-5-9-14)16-12-15-10-6-7-11-17(15)25-19(16)24/h3-12H,1-2H3. The van der Waals surface area contributed by atoms with Crippen LogP contribution in [0.15, 0.2) is 75.0 Å². The van der Waals surface area contributed by atoms with Crippen molar-refractivity contribution >= 4 is 22.8 Å². The molecule has 0 aliphatic carbocycles. The number of amides is 1. The maximum Gasteiger partial charge on any atom is 0.345 e. The average molecular weight is 348 g/mol. The SMILES string of the molecule is CC(=O)N1N=C(c2ccccc2)OC1(C)c1cc2ccccc2oc1=O. The fourth-order valence-corrected chi connectivity index (χ4v) is 3.06. The fraction of sp³-hybridized carbons (Fsp3) is 0.150. The van der Waals surface area contributed by atoms with E-state index in [-0.39, 0.29) is 17.4 Å². The predicted molar refractivity (Wildman–Crippen MR) is 96.4 cm³/mol. The lowest BCUT2D eigenvalue weighted by Crippen LogP contribution is -2.44. The Labute approximate surface area is 149 Å². The molecule has 6 nitrogen and oxygen atoms in total. The number of hydrogen-bond donors (Lipinski definition) is 0. The number of para-hydroxylation sites is 1. The van der Waals surface area contributed by atoms with Crippen LogP contribution in [0.1, 0.15) is 25.0 Å². The normalized spacial score (nSPS) is 19.3. The first-order valence-electron chi connectivity index (χ1n) is 8.16. The van der Waals surface area contributed by atoms with Gasteiger partial charge in [-0.05, 0) is 24.3 Å². The molecule has 1 amide bonds. The summed E-state index contributed by atoms with van der Waals surface area (Å²) < 4.78 is 11.4. The van der Waals surface area contributed by atoms with Crippen molar-refractivity contribution in [3.05, 3.63) is 82.2 Å². The monoisotopic (exact) mass is 348 g/mol. The van der Waals surface area contributed by atoms with Gasteiger partial charge in [0.05, 0.1) is 0 Å². The van der Waals surface area contributed by atoms with Crippen molar-refractivity contribution in [2.45, 2.75) is 19.6 Å². The van der Waals surface area contributed by atoms with Gasteiger partial charge in [0.25, 0.3) is 0 Å². The van der Waals surface area contributed by atoms with Crippen LogP contribution in [0.3, 0.4) is 0 Å². The van der Waals surface area contributed by atoms with Crippen molar-refractivity contribution in [2.75, 3.05) is 0 Å². The lowest BCUT2D eigenvalue weighted by molar-refractivity contribution is -0.146. The van der Waals surface area contributed by atoms with E-state index in [9.17, 15) is 9.59 Å². The molecule has 0 fully saturated rings. The van der Waals surface area contributed by atoms with Crippen LogP contribution >= 0.6 is 0 Å². The van der Waals surface area contributed by atoms with E-state index in [1.54, 1.807) is 25.1 Å². The van der Waals surface area contributed by atoms with E-state index in [4.69, 9.17) is 9.15 Å². The lowest BCUT2D eigenvalue weighted by atomic mass is 10.0. The zero-order chi connectivity index (χ0) is 18.3. The molecular weight excluding hydrogens is 332 g/mol. The van der Waals surface area contributed by atoms with Gasteiger partial charge < -0.3 is 9.15 Å². The summed E-state index contributed by atoms with van der Waals surface area (Å²) in [5.74, 6) is -0.0677. The highest BCUT2D eigenvalue weighted by Gasteiger charge is 2.47. The lowest BCUT2D eigenvalue weighted by Gasteiger charge is -2.29. The van der Waals surface area contributed by atoms with Gasteiger partial charge in [-0.3, -0.25) is 4.79 Å². The summed E-state index contributed by atoms with van der Waals surface area (Å²) in [4.78, 5) is 24.8. The first-order chi connectivity index (χ1) is 12.5. The number of hydrogen-bond acceptors (Lipinski definition) is 5. The number of nitrogens with zero attached hydrogens (tertiary/aromatic N) is 2. The van der Waals surface area contributed by atoms with Crippen LogP contribution < -0.4 is 5.63 Å². The Morgan fingerprint density at radius 3 is 2.50 bits per heavy atom. The molecule has 1 aliphatic heterocycles. The van der Waals surface area contributed by atoms with E-state index >= 15 is 0 Å². The van der Waals surface area contributed by atoms with Crippen molar-refractivity contribution in [1.82, 2.24) is 5.01 Å². The zero-order valence-electron chi connectivity index (χ0n) is 14.3. The van der Waals surface area contributed by atoms with Gasteiger partial charge in [-0.15, -0.1) is 5.10 Å². The smallest absolute Gasteiger partial charge is 0.345 e. The maximum atomic E-state index is 12.6. The second-order valence-electron chi connectivity index (χ2n) is 6.17. The van der Waals surface area contributed by atoms with E-state index in [2.05, 4.69) is 5.10 Å². The molecule has 4 rings (SSSR count). The first-order valence-corrected chi connectivity index (χ1v) is 8.16. The summed E-state index contributed by atoms with van der Waals surface area (Å²) >= 11 is 0. The Kier molecular flexibility index (Phi) is 3.61. The highest BCUT2D eigenvalue weighted by Crippen LogP contribution is 2.36. The van der Waals surface area contributed by atoms with Crippen molar-refractivity contribution < 1.29 is 13.9 Å². The summed E-state index contributed by atoms with van der Waals surface area (Å²) in [5.41, 5.74) is -0.557. The van der Waals surface area contributed by atoms with Gasteiger partial charge in [0, 0.05) is 24.8 Å². The van der Waals surface area contributed by atoms with Gasteiger partial charge in [0.15, 0.2) is 0 Å². The average Bonchev–Trinajstić information content (AvgIpc) is 3.01. The molecule has 2 aromatic carbocycles. The molecule has 6 heteroatoms. The fourth-order valence-electron chi connectivity index (χ4n) is 3.06. The molecule has 0 N–H and O–H groups in total. The third-order valence-corrected chi connectivity index (χ3v) is 4.35. The molecule has 2 heterocycles. The Balaban J connectivity index is 1.86. The van der Waals surface area contributed by atoms with Gasteiger partial charge >= 0.3 is 5.63 Å². The van der Waals surface area contributed by atoms with Crippen LogP contribution in [0.25, 0.3) is 11.0 Å². The number of carbonyl (C=O) groups is 1. The minimum absolute atomic E-state index is 0.209. The Hall–Kier alpha value is -3.41. The molecule has 0 spiro atoms. The van der Waals surface area contributed by atoms with Crippen LogP contribution in [0.5, 0.6) is 0 Å². The quantitative estimate of drug-likeness (QED) is 0.667. The molecule has 0 saturated carbocycles. The van der Waals surface area contributed by atoms with Gasteiger partial charge in [-0.2, -0.15) is 5.01 Å². The molecule has 1 aromatic heterocycles. The van der Waals surface area contributed by atoms with Crippen LogP contribution in [-0.2, 0) is 15.3 Å². The Bertz CT molecular complexity index is 1090. The summed E-state index contributed by atoms with van der Waals surface area (Å²) in [5, 5.41) is 6.22. The molecule has 130 valence electrons. The van der Waals surface area contributed by atoms with E-state index in [1.807, 2.05) is 42.5 Å². The van der Waals surface area contributed by atoms with E-state index < -0.39 is 11.4 Å². The molecule has 0 bridgehead atoms. The topological polar surface area (TPSA) is 72.1 Å². The third-order valence-electron chi connectivity index (χ3n) is 4.35. The van der Waals surface area contributed by atoms with Crippen molar-refractivity contribution in [3.8, 4) is 0 Å². The van der Waals surface area contributed by atoms with E-state index in [0.29, 0.717) is 11.1 Å². The van der Waals surface area contributed by atoms with Crippen LogP contribution in [0, 0.1) is 0 Å². The number of benzene rings is 2. The van der Waals surface area contributed by atoms with Gasteiger partial charge in [-0.25, -0.2) is 4.79 Å². The molecule has 0 radical (unpaired) electrons. The van der Waals surface area contributed by atoms with Crippen LogP contribution in [-0.4, -0.2) is 16.8 Å². The minimum atomic E-state index is -1.39. The number of ether oxygens (including phenoxy) is 1.